The highest BCUT2D eigenvalue weighted by molar-refractivity contribution is 5.95. The molecule has 0 aliphatic carbocycles. The smallest absolute Gasteiger partial charge is 0.321 e. The summed E-state index contributed by atoms with van der Waals surface area (Å²) in [6.45, 7) is 2.43. The molecule has 3 amide bonds. The maximum absolute atomic E-state index is 12.4. The van der Waals surface area contributed by atoms with E-state index < -0.39 is 0 Å². The molecule has 2 aliphatic heterocycles. The van der Waals surface area contributed by atoms with Crippen molar-refractivity contribution in [3.8, 4) is 0 Å². The van der Waals surface area contributed by atoms with Gasteiger partial charge in [-0.05, 0) is 55.9 Å². The van der Waals surface area contributed by atoms with Crippen LogP contribution in [0.4, 0.5) is 10.5 Å². The Morgan fingerprint density at radius 1 is 1.12 bits per heavy atom. The van der Waals surface area contributed by atoms with E-state index in [0.717, 1.165) is 45.4 Å². The number of anilines is 1. The maximum Gasteiger partial charge on any atom is 0.321 e. The van der Waals surface area contributed by atoms with Gasteiger partial charge in [0.05, 0.1) is 6.10 Å². The zero-order chi connectivity index (χ0) is 16.9. The topological polar surface area (TPSA) is 70.7 Å². The average Bonchev–Trinajstić information content (AvgIpc) is 3.16. The van der Waals surface area contributed by atoms with Crippen molar-refractivity contribution >= 4 is 17.6 Å². The fraction of sp³-hybridized carbons (Fsp3) is 0.556. The van der Waals surface area contributed by atoms with Gasteiger partial charge in [-0.25, -0.2) is 4.79 Å². The lowest BCUT2D eigenvalue weighted by molar-refractivity contribution is 0.0382. The summed E-state index contributed by atoms with van der Waals surface area (Å²) < 4.78 is 5.77. The first-order chi connectivity index (χ1) is 11.7. The molecule has 2 fully saturated rings. The van der Waals surface area contributed by atoms with E-state index in [1.165, 1.54) is 0 Å². The van der Waals surface area contributed by atoms with Gasteiger partial charge in [-0.2, -0.15) is 0 Å². The molecule has 0 bridgehead atoms. The molecule has 0 saturated carbocycles. The fourth-order valence-electron chi connectivity index (χ4n) is 3.50. The van der Waals surface area contributed by atoms with Crippen LogP contribution in [0.5, 0.6) is 0 Å². The summed E-state index contributed by atoms with van der Waals surface area (Å²) in [5.74, 6) is 0.451. The predicted molar refractivity (Wildman–Crippen MR) is 92.1 cm³/mol. The van der Waals surface area contributed by atoms with Crippen molar-refractivity contribution in [2.75, 3.05) is 32.1 Å². The van der Waals surface area contributed by atoms with Crippen LogP contribution in [-0.2, 0) is 4.74 Å². The van der Waals surface area contributed by atoms with Crippen molar-refractivity contribution in [3.63, 3.8) is 0 Å². The van der Waals surface area contributed by atoms with Gasteiger partial charge in [-0.15, -0.1) is 0 Å². The van der Waals surface area contributed by atoms with Crippen LogP contribution >= 0.6 is 0 Å². The summed E-state index contributed by atoms with van der Waals surface area (Å²) in [5, 5.41) is 5.48. The van der Waals surface area contributed by atoms with Crippen molar-refractivity contribution in [1.82, 2.24) is 10.2 Å². The van der Waals surface area contributed by atoms with Crippen LogP contribution in [0.25, 0.3) is 0 Å². The van der Waals surface area contributed by atoms with Gasteiger partial charge in [0, 0.05) is 38.0 Å². The average molecular weight is 331 g/mol. The van der Waals surface area contributed by atoms with Crippen molar-refractivity contribution in [2.24, 2.45) is 5.92 Å². The predicted octanol–water partition coefficient (Wildman–Crippen LogP) is 2.47. The van der Waals surface area contributed by atoms with Crippen molar-refractivity contribution in [1.29, 1.82) is 0 Å². The van der Waals surface area contributed by atoms with Gasteiger partial charge in [-0.1, -0.05) is 0 Å². The van der Waals surface area contributed by atoms with E-state index in [1.54, 1.807) is 31.3 Å². The van der Waals surface area contributed by atoms with E-state index >= 15 is 0 Å². The molecule has 24 heavy (non-hydrogen) atoms. The highest BCUT2D eigenvalue weighted by Gasteiger charge is 2.30. The van der Waals surface area contributed by atoms with Gasteiger partial charge in [-0.3, -0.25) is 4.79 Å². The third kappa shape index (κ3) is 3.87. The summed E-state index contributed by atoms with van der Waals surface area (Å²) in [5.41, 5.74) is 1.28. The highest BCUT2D eigenvalue weighted by Crippen LogP contribution is 2.29. The number of carbonyl (C=O) groups excluding carboxylic acids is 2. The second kappa shape index (κ2) is 7.66. The SMILES string of the molecule is CNC(=O)c1ccc(NC(=O)N2CCC([C@H]3CCCO3)CC2)cc1. The van der Waals surface area contributed by atoms with Gasteiger partial charge >= 0.3 is 6.03 Å². The van der Waals surface area contributed by atoms with E-state index in [0.29, 0.717) is 23.3 Å². The lowest BCUT2D eigenvalue weighted by Crippen LogP contribution is -2.43. The van der Waals surface area contributed by atoms with Gasteiger partial charge in [0.25, 0.3) is 5.91 Å². The number of piperidine rings is 1. The molecule has 2 saturated heterocycles. The van der Waals surface area contributed by atoms with Gasteiger partial charge in [0.2, 0.25) is 0 Å². The molecular weight excluding hydrogens is 306 g/mol. The largest absolute Gasteiger partial charge is 0.378 e. The first-order valence-corrected chi connectivity index (χ1v) is 8.67. The number of hydrogen-bond acceptors (Lipinski definition) is 3. The normalized spacial score (nSPS) is 21.5. The molecule has 6 heteroatoms. The fourth-order valence-corrected chi connectivity index (χ4v) is 3.50. The number of rotatable bonds is 3. The zero-order valence-electron chi connectivity index (χ0n) is 14.1. The number of carbonyl (C=O) groups is 2. The molecule has 130 valence electrons. The minimum atomic E-state index is -0.135. The summed E-state index contributed by atoms with van der Waals surface area (Å²) in [6, 6.07) is 6.84. The Labute approximate surface area is 142 Å². The van der Waals surface area contributed by atoms with Gasteiger partial charge < -0.3 is 20.3 Å². The van der Waals surface area contributed by atoms with Crippen LogP contribution in [0, 0.1) is 5.92 Å². The molecule has 2 N–H and O–H groups in total. The summed E-state index contributed by atoms with van der Waals surface area (Å²) in [6.07, 6.45) is 4.74. The van der Waals surface area contributed by atoms with Crippen molar-refractivity contribution < 1.29 is 14.3 Å². The Hall–Kier alpha value is -2.08. The van der Waals surface area contributed by atoms with E-state index in [2.05, 4.69) is 10.6 Å². The van der Waals surface area contributed by atoms with Crippen LogP contribution in [0.1, 0.15) is 36.0 Å². The highest BCUT2D eigenvalue weighted by atomic mass is 16.5. The van der Waals surface area contributed by atoms with Crippen LogP contribution in [0.2, 0.25) is 0 Å². The second-order valence-electron chi connectivity index (χ2n) is 6.46. The summed E-state index contributed by atoms with van der Waals surface area (Å²) in [4.78, 5) is 25.8. The number of likely N-dealkylation sites (tertiary alicyclic amines) is 1. The summed E-state index contributed by atoms with van der Waals surface area (Å²) >= 11 is 0. The van der Waals surface area contributed by atoms with E-state index in [9.17, 15) is 9.59 Å². The molecule has 6 nitrogen and oxygen atoms in total. The molecule has 0 aromatic heterocycles. The maximum atomic E-state index is 12.4. The number of benzene rings is 1. The Kier molecular flexibility index (Phi) is 5.35. The first-order valence-electron chi connectivity index (χ1n) is 8.67. The minimum absolute atomic E-state index is 0.0755. The molecule has 1 aromatic rings. The van der Waals surface area contributed by atoms with Crippen LogP contribution in [0.15, 0.2) is 24.3 Å². The van der Waals surface area contributed by atoms with Crippen molar-refractivity contribution in [2.45, 2.75) is 31.8 Å². The molecule has 2 aliphatic rings. The molecule has 1 atom stereocenters. The minimum Gasteiger partial charge on any atom is -0.378 e. The molecular formula is C18H25N3O3. The number of ether oxygens (including phenoxy) is 1. The Bertz CT molecular complexity index is 574. The molecule has 0 spiro atoms. The molecule has 0 unspecified atom stereocenters. The zero-order valence-corrected chi connectivity index (χ0v) is 14.1. The lowest BCUT2D eigenvalue weighted by Gasteiger charge is -2.34. The molecule has 3 rings (SSSR count). The molecule has 2 heterocycles. The van der Waals surface area contributed by atoms with Crippen LogP contribution in [0.3, 0.4) is 0 Å². The summed E-state index contributed by atoms with van der Waals surface area (Å²) in [7, 11) is 1.60. The Morgan fingerprint density at radius 3 is 2.42 bits per heavy atom. The van der Waals surface area contributed by atoms with Gasteiger partial charge in [0.15, 0.2) is 0 Å². The monoisotopic (exact) mass is 331 g/mol. The van der Waals surface area contributed by atoms with Gasteiger partial charge in [0.1, 0.15) is 0 Å². The number of nitrogens with one attached hydrogen (secondary N) is 2. The standard InChI is InChI=1S/C18H25N3O3/c1-19-17(22)14-4-6-15(7-5-14)20-18(23)21-10-8-13(9-11-21)16-3-2-12-24-16/h4-7,13,16H,2-3,8-12H2,1H3,(H,19,22)(H,20,23)/t16-/m1/s1. The van der Waals surface area contributed by atoms with Crippen LogP contribution in [-0.4, -0.2) is 49.7 Å². The first kappa shape index (κ1) is 16.8. The Morgan fingerprint density at radius 2 is 1.83 bits per heavy atom. The number of urea groups is 1. The molecule has 1 aromatic carbocycles. The molecule has 0 radical (unpaired) electrons. The Balaban J connectivity index is 1.49. The number of hydrogen-bond donors (Lipinski definition) is 2. The van der Waals surface area contributed by atoms with E-state index in [1.807, 2.05) is 4.90 Å². The third-order valence-electron chi connectivity index (χ3n) is 4.94. The number of amides is 3. The second-order valence-corrected chi connectivity index (χ2v) is 6.46. The quantitative estimate of drug-likeness (QED) is 0.894. The van der Waals surface area contributed by atoms with E-state index in [4.69, 9.17) is 4.74 Å². The lowest BCUT2D eigenvalue weighted by atomic mass is 9.90. The van der Waals surface area contributed by atoms with Crippen LogP contribution < -0.4 is 10.6 Å². The number of nitrogens with zero attached hydrogens (tertiary/aromatic N) is 1. The van der Waals surface area contributed by atoms with Crippen molar-refractivity contribution in [3.05, 3.63) is 29.8 Å². The third-order valence-corrected chi connectivity index (χ3v) is 4.94. The van der Waals surface area contributed by atoms with E-state index in [-0.39, 0.29) is 11.9 Å².